The number of hydrogen-bond acceptors (Lipinski definition) is 3. The Morgan fingerprint density at radius 2 is 2.35 bits per heavy atom. The first-order valence-electron chi connectivity index (χ1n) is 5.57. The number of aromatic nitrogens is 1. The molecule has 17 heavy (non-hydrogen) atoms. The van der Waals surface area contributed by atoms with Gasteiger partial charge in [-0.2, -0.15) is 0 Å². The van der Waals surface area contributed by atoms with Crippen LogP contribution in [0.1, 0.15) is 25.3 Å². The fraction of sp³-hybridized carbons (Fsp3) is 0.417. The van der Waals surface area contributed by atoms with Crippen LogP contribution in [0.5, 0.6) is 0 Å². The number of thiocarbonyl (C=S) groups is 1. The number of rotatable bonds is 5. The third-order valence-corrected chi connectivity index (χ3v) is 2.82. The van der Waals surface area contributed by atoms with E-state index >= 15 is 0 Å². The van der Waals surface area contributed by atoms with Crippen LogP contribution in [0.25, 0.3) is 0 Å². The van der Waals surface area contributed by atoms with Gasteiger partial charge < -0.3 is 11.1 Å². The lowest BCUT2D eigenvalue weighted by atomic mass is 10.0. The Balaban J connectivity index is 2.77. The zero-order chi connectivity index (χ0) is 12.8. The van der Waals surface area contributed by atoms with Crippen LogP contribution in [0.2, 0.25) is 0 Å². The quantitative estimate of drug-likeness (QED) is 0.786. The molecule has 4 nitrogen and oxygen atoms in total. The highest BCUT2D eigenvalue weighted by Gasteiger charge is 2.20. The van der Waals surface area contributed by atoms with Gasteiger partial charge in [-0.15, -0.1) is 0 Å². The van der Waals surface area contributed by atoms with Gasteiger partial charge >= 0.3 is 0 Å². The van der Waals surface area contributed by atoms with Gasteiger partial charge in [0.2, 0.25) is 5.91 Å². The number of nitrogens with two attached hydrogens (primary N) is 1. The van der Waals surface area contributed by atoms with Crippen molar-refractivity contribution in [3.8, 4) is 0 Å². The van der Waals surface area contributed by atoms with E-state index in [9.17, 15) is 4.79 Å². The Labute approximate surface area is 107 Å². The first-order valence-corrected chi connectivity index (χ1v) is 5.97. The number of carbonyl (C=O) groups is 1. The summed E-state index contributed by atoms with van der Waals surface area (Å²) in [4.78, 5) is 16.2. The minimum Gasteiger partial charge on any atom is -0.393 e. The lowest BCUT2D eigenvalue weighted by Gasteiger charge is -2.15. The zero-order valence-electron chi connectivity index (χ0n) is 10.1. The van der Waals surface area contributed by atoms with Crippen LogP contribution in [0.3, 0.4) is 0 Å². The normalized spacial score (nSPS) is 11.9. The maximum Gasteiger partial charge on any atom is 0.234 e. The Morgan fingerprint density at radius 3 is 2.88 bits per heavy atom. The van der Waals surface area contributed by atoms with Crippen molar-refractivity contribution in [2.75, 3.05) is 5.32 Å². The van der Waals surface area contributed by atoms with E-state index in [2.05, 4.69) is 10.3 Å². The predicted octanol–water partition coefficient (Wildman–Crippen LogP) is 2.03. The summed E-state index contributed by atoms with van der Waals surface area (Å²) in [6, 6.07) is 1.84. The predicted molar refractivity (Wildman–Crippen MR) is 72.8 cm³/mol. The van der Waals surface area contributed by atoms with Gasteiger partial charge in [0.05, 0.1) is 22.8 Å². The Hall–Kier alpha value is -1.49. The molecule has 1 heterocycles. The molecule has 5 heteroatoms. The molecule has 0 fully saturated rings. The summed E-state index contributed by atoms with van der Waals surface area (Å²) in [6.45, 7) is 3.90. The molecule has 0 saturated carbocycles. The summed E-state index contributed by atoms with van der Waals surface area (Å²) in [5.41, 5.74) is 7.24. The Bertz CT molecular complexity index is 420. The van der Waals surface area contributed by atoms with Gasteiger partial charge in [0, 0.05) is 6.20 Å². The van der Waals surface area contributed by atoms with E-state index < -0.39 is 5.92 Å². The van der Waals surface area contributed by atoms with Gasteiger partial charge in [0.15, 0.2) is 0 Å². The topological polar surface area (TPSA) is 68.0 Å². The number of carbonyl (C=O) groups excluding carboxylic acids is 1. The number of hydrogen-bond donors (Lipinski definition) is 2. The fourth-order valence-corrected chi connectivity index (χ4v) is 1.73. The monoisotopic (exact) mass is 251 g/mol. The molecule has 1 atom stereocenters. The van der Waals surface area contributed by atoms with Gasteiger partial charge in [-0.1, -0.05) is 25.6 Å². The number of pyridine rings is 1. The van der Waals surface area contributed by atoms with E-state index in [0.29, 0.717) is 12.1 Å². The molecule has 3 N–H and O–H groups in total. The molecule has 0 aliphatic rings. The Kier molecular flexibility index (Phi) is 5.03. The molecular weight excluding hydrogens is 234 g/mol. The Morgan fingerprint density at radius 1 is 1.65 bits per heavy atom. The highest BCUT2D eigenvalue weighted by Crippen LogP contribution is 2.15. The van der Waals surface area contributed by atoms with E-state index in [1.54, 1.807) is 12.4 Å². The minimum atomic E-state index is -0.408. The van der Waals surface area contributed by atoms with E-state index in [0.717, 1.165) is 12.0 Å². The van der Waals surface area contributed by atoms with Gasteiger partial charge in [0.1, 0.15) is 0 Å². The highest BCUT2D eigenvalue weighted by atomic mass is 32.1. The van der Waals surface area contributed by atoms with Crippen LogP contribution in [0.4, 0.5) is 5.69 Å². The standard InChI is InChI=1S/C12H17N3OS/c1-3-4-9(11(13)17)12(16)15-10-7-14-6-5-8(10)2/h5-7,9H,3-4H2,1-2H3,(H2,13,17)(H,15,16). The summed E-state index contributed by atoms with van der Waals surface area (Å²) < 4.78 is 0. The van der Waals surface area contributed by atoms with Crippen LogP contribution >= 0.6 is 12.2 Å². The number of amides is 1. The third-order valence-electron chi connectivity index (χ3n) is 2.53. The van der Waals surface area contributed by atoms with Crippen molar-refractivity contribution in [3.05, 3.63) is 24.0 Å². The van der Waals surface area contributed by atoms with E-state index in [4.69, 9.17) is 18.0 Å². The first-order chi connectivity index (χ1) is 8.06. The minimum absolute atomic E-state index is 0.157. The van der Waals surface area contributed by atoms with Crippen LogP contribution in [-0.2, 0) is 4.79 Å². The molecular formula is C12H17N3OS. The van der Waals surface area contributed by atoms with Crippen molar-refractivity contribution in [1.82, 2.24) is 4.98 Å². The number of nitrogens with one attached hydrogen (secondary N) is 1. The molecule has 1 aromatic heterocycles. The second-order valence-corrected chi connectivity index (χ2v) is 4.39. The maximum absolute atomic E-state index is 12.0. The fourth-order valence-electron chi connectivity index (χ4n) is 1.51. The zero-order valence-corrected chi connectivity index (χ0v) is 10.9. The third kappa shape index (κ3) is 3.78. The van der Waals surface area contributed by atoms with Crippen molar-refractivity contribution in [2.45, 2.75) is 26.7 Å². The van der Waals surface area contributed by atoms with Crippen LogP contribution in [0, 0.1) is 12.8 Å². The van der Waals surface area contributed by atoms with Crippen molar-refractivity contribution < 1.29 is 4.79 Å². The van der Waals surface area contributed by atoms with Crippen LogP contribution < -0.4 is 11.1 Å². The molecule has 0 saturated heterocycles. The molecule has 1 amide bonds. The molecule has 0 bridgehead atoms. The lowest BCUT2D eigenvalue weighted by Crippen LogP contribution is -2.33. The largest absolute Gasteiger partial charge is 0.393 e. The summed E-state index contributed by atoms with van der Waals surface area (Å²) in [5.74, 6) is -0.565. The average Bonchev–Trinajstić information content (AvgIpc) is 2.28. The molecule has 1 rings (SSSR count). The van der Waals surface area contributed by atoms with Crippen molar-refractivity contribution in [3.63, 3.8) is 0 Å². The van der Waals surface area contributed by atoms with E-state index in [1.807, 2.05) is 19.9 Å². The van der Waals surface area contributed by atoms with E-state index in [1.165, 1.54) is 0 Å². The molecule has 1 aromatic rings. The second kappa shape index (κ2) is 6.30. The number of nitrogens with zero attached hydrogens (tertiary/aromatic N) is 1. The smallest absolute Gasteiger partial charge is 0.234 e. The van der Waals surface area contributed by atoms with Crippen LogP contribution in [-0.4, -0.2) is 15.9 Å². The highest BCUT2D eigenvalue weighted by molar-refractivity contribution is 7.80. The van der Waals surface area contributed by atoms with Gasteiger partial charge in [-0.3, -0.25) is 9.78 Å². The average molecular weight is 251 g/mol. The van der Waals surface area contributed by atoms with Crippen molar-refractivity contribution >= 4 is 28.8 Å². The molecule has 0 spiro atoms. The molecule has 0 aromatic carbocycles. The van der Waals surface area contributed by atoms with Gasteiger partial charge in [0.25, 0.3) is 0 Å². The molecule has 0 radical (unpaired) electrons. The summed E-state index contributed by atoms with van der Waals surface area (Å²) in [6.07, 6.45) is 4.83. The van der Waals surface area contributed by atoms with Crippen molar-refractivity contribution in [1.29, 1.82) is 0 Å². The number of anilines is 1. The first kappa shape index (κ1) is 13.6. The molecule has 0 aliphatic heterocycles. The summed E-state index contributed by atoms with van der Waals surface area (Å²) >= 11 is 4.91. The van der Waals surface area contributed by atoms with Gasteiger partial charge in [-0.25, -0.2) is 0 Å². The summed E-state index contributed by atoms with van der Waals surface area (Å²) in [7, 11) is 0. The van der Waals surface area contributed by atoms with E-state index in [-0.39, 0.29) is 10.9 Å². The van der Waals surface area contributed by atoms with Crippen LogP contribution in [0.15, 0.2) is 18.5 Å². The molecule has 92 valence electrons. The SMILES string of the molecule is CCCC(C(=O)Nc1cnccc1C)C(N)=S. The second-order valence-electron chi connectivity index (χ2n) is 3.92. The van der Waals surface area contributed by atoms with Gasteiger partial charge in [-0.05, 0) is 25.0 Å². The maximum atomic E-state index is 12.0. The molecule has 1 unspecified atom stereocenters. The summed E-state index contributed by atoms with van der Waals surface area (Å²) in [5, 5.41) is 2.81. The lowest BCUT2D eigenvalue weighted by molar-refractivity contribution is -0.118. The van der Waals surface area contributed by atoms with Crippen molar-refractivity contribution in [2.24, 2.45) is 11.7 Å². The molecule has 0 aliphatic carbocycles. The number of aryl methyl sites for hydroxylation is 1.